The SMILES string of the molecule is O=C1COCCN1c1ccc2c(c1)nc(C=C(O)c1ccc3ccccc3n1)n2CCCO. The highest BCUT2D eigenvalue weighted by atomic mass is 16.5. The van der Waals surface area contributed by atoms with Gasteiger partial charge in [0.05, 0.1) is 23.2 Å². The standard InChI is InChI=1S/C25H24N4O4/c30-12-3-10-29-22-9-7-18(28-11-13-33-16-25(28)32)14-21(22)27-24(29)15-23(31)20-8-6-17-4-1-2-5-19(17)26-20/h1-2,4-9,14-15,30-31H,3,10-13,16H2. The van der Waals surface area contributed by atoms with Gasteiger partial charge < -0.3 is 24.4 Å². The molecule has 33 heavy (non-hydrogen) atoms. The summed E-state index contributed by atoms with van der Waals surface area (Å²) < 4.78 is 7.18. The largest absolute Gasteiger partial charge is 0.506 e. The van der Waals surface area contributed by atoms with Crippen LogP contribution in [0.25, 0.3) is 33.8 Å². The number of morpholine rings is 1. The van der Waals surface area contributed by atoms with Gasteiger partial charge in [-0.15, -0.1) is 0 Å². The van der Waals surface area contributed by atoms with Gasteiger partial charge in [-0.05, 0) is 36.8 Å². The maximum absolute atomic E-state index is 12.2. The molecule has 0 aliphatic carbocycles. The summed E-state index contributed by atoms with van der Waals surface area (Å²) in [5.74, 6) is 0.474. The molecule has 8 nitrogen and oxygen atoms in total. The van der Waals surface area contributed by atoms with Crippen molar-refractivity contribution < 1.29 is 19.7 Å². The molecular formula is C25H24N4O4. The number of para-hydroxylation sites is 1. The number of imidazole rings is 1. The first kappa shape index (κ1) is 21.1. The first-order chi connectivity index (χ1) is 16.1. The fourth-order valence-corrected chi connectivity index (χ4v) is 4.07. The molecule has 2 aromatic heterocycles. The number of benzene rings is 2. The van der Waals surface area contributed by atoms with Crippen LogP contribution in [0.5, 0.6) is 0 Å². The highest BCUT2D eigenvalue weighted by Gasteiger charge is 2.21. The van der Waals surface area contributed by atoms with Crippen molar-refractivity contribution in [3.63, 3.8) is 0 Å². The molecule has 3 heterocycles. The van der Waals surface area contributed by atoms with Gasteiger partial charge in [-0.1, -0.05) is 24.3 Å². The van der Waals surface area contributed by atoms with Gasteiger partial charge >= 0.3 is 0 Å². The minimum Gasteiger partial charge on any atom is -0.506 e. The molecule has 0 atom stereocenters. The monoisotopic (exact) mass is 444 g/mol. The summed E-state index contributed by atoms with van der Waals surface area (Å²) in [6.07, 6.45) is 2.14. The third kappa shape index (κ3) is 4.18. The molecule has 1 saturated heterocycles. The first-order valence-corrected chi connectivity index (χ1v) is 10.9. The molecular weight excluding hydrogens is 420 g/mol. The van der Waals surface area contributed by atoms with Crippen molar-refractivity contribution in [1.82, 2.24) is 14.5 Å². The number of hydrogen-bond donors (Lipinski definition) is 2. The fraction of sp³-hybridized carbons (Fsp3) is 0.240. The molecule has 8 heteroatoms. The summed E-state index contributed by atoms with van der Waals surface area (Å²) in [6.45, 7) is 1.64. The lowest BCUT2D eigenvalue weighted by atomic mass is 10.2. The van der Waals surface area contributed by atoms with Crippen molar-refractivity contribution >= 4 is 45.4 Å². The van der Waals surface area contributed by atoms with Crippen molar-refractivity contribution in [1.29, 1.82) is 0 Å². The number of fused-ring (bicyclic) bond motifs is 2. The number of ether oxygens (including phenoxy) is 1. The number of hydrogen-bond acceptors (Lipinski definition) is 6. The van der Waals surface area contributed by atoms with Crippen LogP contribution in [-0.2, 0) is 16.1 Å². The number of aliphatic hydroxyl groups excluding tert-OH is 2. The average molecular weight is 444 g/mol. The highest BCUT2D eigenvalue weighted by Crippen LogP contribution is 2.26. The minimum atomic E-state index is -0.0829. The highest BCUT2D eigenvalue weighted by molar-refractivity contribution is 5.97. The molecule has 1 aliphatic heterocycles. The number of nitrogens with zero attached hydrogens (tertiary/aromatic N) is 4. The lowest BCUT2D eigenvalue weighted by Gasteiger charge is -2.26. The summed E-state index contributed by atoms with van der Waals surface area (Å²) in [6, 6.07) is 17.1. The van der Waals surface area contributed by atoms with Gasteiger partial charge in [0.25, 0.3) is 5.91 Å². The number of carbonyl (C=O) groups excluding carboxylic acids is 1. The maximum atomic E-state index is 12.2. The molecule has 2 N–H and O–H groups in total. The molecule has 0 radical (unpaired) electrons. The van der Waals surface area contributed by atoms with E-state index in [-0.39, 0.29) is 24.9 Å². The summed E-state index contributed by atoms with van der Waals surface area (Å²) in [5.41, 5.74) is 3.57. The van der Waals surface area contributed by atoms with Crippen molar-refractivity contribution in [2.45, 2.75) is 13.0 Å². The first-order valence-electron chi connectivity index (χ1n) is 10.9. The number of amides is 1. The Bertz CT molecular complexity index is 1360. The molecule has 0 bridgehead atoms. The van der Waals surface area contributed by atoms with Gasteiger partial charge in [-0.25, -0.2) is 9.97 Å². The average Bonchev–Trinajstić information content (AvgIpc) is 3.18. The van der Waals surface area contributed by atoms with Crippen LogP contribution in [0.15, 0.2) is 54.6 Å². The van der Waals surface area contributed by atoms with Crippen molar-refractivity contribution in [3.8, 4) is 0 Å². The predicted octanol–water partition coefficient (Wildman–Crippen LogP) is 3.39. The van der Waals surface area contributed by atoms with E-state index in [4.69, 9.17) is 9.72 Å². The summed E-state index contributed by atoms with van der Waals surface area (Å²) in [7, 11) is 0. The van der Waals surface area contributed by atoms with Gasteiger partial charge in [0.1, 0.15) is 23.9 Å². The normalized spacial score (nSPS) is 15.0. The van der Waals surface area contributed by atoms with Crippen LogP contribution in [0.2, 0.25) is 0 Å². The summed E-state index contributed by atoms with van der Waals surface area (Å²) in [4.78, 5) is 23.2. The Morgan fingerprint density at radius 2 is 1.97 bits per heavy atom. The molecule has 1 aliphatic rings. The van der Waals surface area contributed by atoms with Crippen molar-refractivity contribution in [2.75, 3.05) is 31.3 Å². The number of anilines is 1. The van der Waals surface area contributed by atoms with Crippen LogP contribution in [0.1, 0.15) is 17.9 Å². The van der Waals surface area contributed by atoms with E-state index in [1.165, 1.54) is 0 Å². The van der Waals surface area contributed by atoms with E-state index < -0.39 is 0 Å². The van der Waals surface area contributed by atoms with Crippen LogP contribution < -0.4 is 4.90 Å². The molecule has 168 valence electrons. The Morgan fingerprint density at radius 3 is 2.82 bits per heavy atom. The maximum Gasteiger partial charge on any atom is 0.253 e. The lowest BCUT2D eigenvalue weighted by Crippen LogP contribution is -2.41. The van der Waals surface area contributed by atoms with E-state index in [1.807, 2.05) is 53.1 Å². The zero-order valence-electron chi connectivity index (χ0n) is 18.0. The third-order valence-electron chi connectivity index (χ3n) is 5.73. The number of aromatic nitrogens is 3. The smallest absolute Gasteiger partial charge is 0.253 e. The van der Waals surface area contributed by atoms with E-state index >= 15 is 0 Å². The number of aliphatic hydroxyl groups is 2. The number of pyridine rings is 1. The van der Waals surface area contributed by atoms with E-state index in [0.29, 0.717) is 43.2 Å². The topological polar surface area (TPSA) is 101 Å². The van der Waals surface area contributed by atoms with Gasteiger partial charge in [0, 0.05) is 36.8 Å². The van der Waals surface area contributed by atoms with Crippen LogP contribution >= 0.6 is 0 Å². The fourth-order valence-electron chi connectivity index (χ4n) is 4.07. The summed E-state index contributed by atoms with van der Waals surface area (Å²) >= 11 is 0. The minimum absolute atomic E-state index is 0.00453. The zero-order valence-corrected chi connectivity index (χ0v) is 18.0. The van der Waals surface area contributed by atoms with E-state index in [9.17, 15) is 15.0 Å². The molecule has 1 fully saturated rings. The van der Waals surface area contributed by atoms with Gasteiger partial charge in [0.2, 0.25) is 0 Å². The van der Waals surface area contributed by atoms with E-state index in [1.54, 1.807) is 17.0 Å². The van der Waals surface area contributed by atoms with Gasteiger partial charge in [-0.3, -0.25) is 4.79 Å². The Hall–Kier alpha value is -3.75. The Morgan fingerprint density at radius 1 is 1.09 bits per heavy atom. The van der Waals surface area contributed by atoms with Crippen molar-refractivity contribution in [2.24, 2.45) is 0 Å². The second-order valence-electron chi connectivity index (χ2n) is 7.89. The number of aryl methyl sites for hydroxylation is 1. The van der Waals surface area contributed by atoms with Crippen LogP contribution in [0.3, 0.4) is 0 Å². The molecule has 0 spiro atoms. The van der Waals surface area contributed by atoms with Crippen LogP contribution in [0.4, 0.5) is 5.69 Å². The molecule has 2 aromatic carbocycles. The summed E-state index contributed by atoms with van der Waals surface area (Å²) in [5, 5.41) is 21.2. The molecule has 0 saturated carbocycles. The third-order valence-corrected chi connectivity index (χ3v) is 5.73. The molecule has 5 rings (SSSR count). The predicted molar refractivity (Wildman–Crippen MR) is 127 cm³/mol. The molecule has 0 unspecified atom stereocenters. The number of rotatable bonds is 6. The van der Waals surface area contributed by atoms with Gasteiger partial charge in [0.15, 0.2) is 0 Å². The Balaban J connectivity index is 1.55. The molecule has 4 aromatic rings. The lowest BCUT2D eigenvalue weighted by molar-refractivity contribution is -0.125. The van der Waals surface area contributed by atoms with E-state index in [2.05, 4.69) is 4.98 Å². The van der Waals surface area contributed by atoms with Crippen LogP contribution in [-0.4, -0.2) is 57.0 Å². The molecule has 1 amide bonds. The Kier molecular flexibility index (Phi) is 5.77. The van der Waals surface area contributed by atoms with E-state index in [0.717, 1.165) is 22.1 Å². The quantitative estimate of drug-likeness (QED) is 0.442. The zero-order chi connectivity index (χ0) is 22.8. The second-order valence-corrected chi connectivity index (χ2v) is 7.89. The second kappa shape index (κ2) is 9.01. The van der Waals surface area contributed by atoms with Crippen LogP contribution in [0, 0.1) is 0 Å². The number of carbonyl (C=O) groups is 1. The Labute approximate surface area is 190 Å². The van der Waals surface area contributed by atoms with Gasteiger partial charge in [-0.2, -0.15) is 0 Å². The van der Waals surface area contributed by atoms with Crippen molar-refractivity contribution in [3.05, 3.63) is 66.1 Å².